The van der Waals surface area contributed by atoms with Crippen LogP contribution in [-0.4, -0.2) is 37.1 Å². The van der Waals surface area contributed by atoms with Gasteiger partial charge in [-0.15, -0.1) is 21.5 Å². The zero-order valence-corrected chi connectivity index (χ0v) is 17.9. The molecular formula is C21H21N5O2S2. The minimum absolute atomic E-state index is 0.0155. The predicted molar refractivity (Wildman–Crippen MR) is 115 cm³/mol. The minimum Gasteiger partial charge on any atom is -0.463 e. The van der Waals surface area contributed by atoms with Crippen molar-refractivity contribution in [3.63, 3.8) is 0 Å². The summed E-state index contributed by atoms with van der Waals surface area (Å²) in [5.41, 5.74) is 0.814. The number of amides is 1. The van der Waals surface area contributed by atoms with Gasteiger partial charge in [0.2, 0.25) is 0 Å². The van der Waals surface area contributed by atoms with E-state index in [-0.39, 0.29) is 11.9 Å². The Morgan fingerprint density at radius 3 is 2.80 bits per heavy atom. The van der Waals surface area contributed by atoms with Crippen molar-refractivity contribution in [3.05, 3.63) is 52.4 Å². The first-order valence-electron chi connectivity index (χ1n) is 10.3. The van der Waals surface area contributed by atoms with Gasteiger partial charge in [0, 0.05) is 23.3 Å². The zero-order valence-electron chi connectivity index (χ0n) is 16.3. The number of thioether (sulfide) groups is 1. The van der Waals surface area contributed by atoms with E-state index >= 15 is 0 Å². The molecule has 3 aromatic rings. The number of hydrogen-bond donors (Lipinski definition) is 0. The molecule has 0 unspecified atom stereocenters. The molecule has 7 nitrogen and oxygen atoms in total. The van der Waals surface area contributed by atoms with E-state index in [2.05, 4.69) is 25.9 Å². The van der Waals surface area contributed by atoms with Crippen LogP contribution in [0.2, 0.25) is 0 Å². The molecule has 154 valence electrons. The van der Waals surface area contributed by atoms with Gasteiger partial charge in [0.05, 0.1) is 18.1 Å². The van der Waals surface area contributed by atoms with Crippen molar-refractivity contribution in [1.29, 1.82) is 0 Å². The Labute approximate surface area is 182 Å². The first kappa shape index (κ1) is 18.4. The van der Waals surface area contributed by atoms with Crippen molar-refractivity contribution in [2.24, 2.45) is 5.10 Å². The van der Waals surface area contributed by atoms with E-state index < -0.39 is 0 Å². The summed E-state index contributed by atoms with van der Waals surface area (Å²) in [7, 11) is 0. The molecule has 0 saturated heterocycles. The standard InChI is InChI=1S/C21H21N5O2S2/c27-19(12-30-21-23-22-20(13-5-6-13)25(21)14-7-8-14)26-16(18-4-2-10-29-18)11-15(24-26)17-3-1-9-28-17/h1-4,9-10,13-14,16H,5-8,11-12H2/t16-/m1/s1. The van der Waals surface area contributed by atoms with Crippen LogP contribution in [0.1, 0.15) is 66.6 Å². The van der Waals surface area contributed by atoms with Crippen LogP contribution in [-0.2, 0) is 4.79 Å². The Hall–Kier alpha value is -2.39. The lowest BCUT2D eigenvalue weighted by molar-refractivity contribution is -0.130. The molecule has 3 aliphatic rings. The molecule has 9 heteroatoms. The third kappa shape index (κ3) is 3.39. The van der Waals surface area contributed by atoms with Gasteiger partial charge in [-0.1, -0.05) is 17.8 Å². The van der Waals surface area contributed by atoms with E-state index in [1.807, 2.05) is 23.6 Å². The quantitative estimate of drug-likeness (QED) is 0.502. The fourth-order valence-electron chi connectivity index (χ4n) is 3.91. The number of rotatable bonds is 7. The van der Waals surface area contributed by atoms with Gasteiger partial charge < -0.3 is 8.98 Å². The first-order valence-corrected chi connectivity index (χ1v) is 12.2. The number of carbonyl (C=O) groups is 1. The monoisotopic (exact) mass is 439 g/mol. The molecule has 1 atom stereocenters. The van der Waals surface area contributed by atoms with Gasteiger partial charge in [-0.25, -0.2) is 5.01 Å². The largest absolute Gasteiger partial charge is 0.463 e. The van der Waals surface area contributed by atoms with E-state index in [0.717, 1.165) is 27.3 Å². The number of furan rings is 1. The topological polar surface area (TPSA) is 76.5 Å². The highest BCUT2D eigenvalue weighted by Gasteiger charge is 2.38. The van der Waals surface area contributed by atoms with E-state index in [1.54, 1.807) is 22.6 Å². The van der Waals surface area contributed by atoms with Crippen molar-refractivity contribution in [2.75, 3.05) is 5.75 Å². The van der Waals surface area contributed by atoms with Gasteiger partial charge in [0.15, 0.2) is 5.16 Å². The second-order valence-electron chi connectivity index (χ2n) is 8.00. The summed E-state index contributed by atoms with van der Waals surface area (Å²) in [6.07, 6.45) is 7.07. The maximum absolute atomic E-state index is 13.2. The molecule has 4 heterocycles. The van der Waals surface area contributed by atoms with E-state index in [9.17, 15) is 4.79 Å². The molecule has 1 amide bonds. The van der Waals surface area contributed by atoms with E-state index in [4.69, 9.17) is 4.42 Å². The number of aromatic nitrogens is 3. The van der Waals surface area contributed by atoms with Gasteiger partial charge in [0.25, 0.3) is 5.91 Å². The number of nitrogens with zero attached hydrogens (tertiary/aromatic N) is 5. The average Bonchev–Trinajstić information content (AvgIpc) is 3.49. The van der Waals surface area contributed by atoms with Crippen LogP contribution in [0.3, 0.4) is 0 Å². The van der Waals surface area contributed by atoms with Crippen molar-refractivity contribution in [2.45, 2.75) is 55.3 Å². The highest BCUT2D eigenvalue weighted by molar-refractivity contribution is 7.99. The Kier molecular flexibility index (Phi) is 4.53. The molecule has 0 bridgehead atoms. The van der Waals surface area contributed by atoms with E-state index in [1.165, 1.54) is 37.4 Å². The summed E-state index contributed by atoms with van der Waals surface area (Å²) in [6.45, 7) is 0. The molecular weight excluding hydrogens is 418 g/mol. The van der Waals surface area contributed by atoms with Gasteiger partial charge in [-0.2, -0.15) is 5.10 Å². The normalized spacial score (nSPS) is 21.3. The Morgan fingerprint density at radius 2 is 2.10 bits per heavy atom. The SMILES string of the molecule is O=C(CSc1nnc(C2CC2)n1C1CC1)N1N=C(c2ccco2)C[C@@H]1c1cccs1. The summed E-state index contributed by atoms with van der Waals surface area (Å²) < 4.78 is 7.81. The molecule has 6 rings (SSSR count). The van der Waals surface area contributed by atoms with Crippen LogP contribution in [0.15, 0.2) is 50.6 Å². The molecule has 2 saturated carbocycles. The molecule has 2 aliphatic carbocycles. The Balaban J connectivity index is 1.22. The number of thiophene rings is 1. The molecule has 2 fully saturated rings. The highest BCUT2D eigenvalue weighted by atomic mass is 32.2. The fourth-order valence-corrected chi connectivity index (χ4v) is 5.59. The third-order valence-corrected chi connectivity index (χ3v) is 7.61. The van der Waals surface area contributed by atoms with Crippen LogP contribution >= 0.6 is 23.1 Å². The number of hydrogen-bond acceptors (Lipinski definition) is 7. The summed E-state index contributed by atoms with van der Waals surface area (Å²) >= 11 is 3.14. The molecule has 3 aromatic heterocycles. The lowest BCUT2D eigenvalue weighted by Crippen LogP contribution is -2.28. The lowest BCUT2D eigenvalue weighted by atomic mass is 10.1. The predicted octanol–water partition coefficient (Wildman–Crippen LogP) is 4.61. The molecule has 30 heavy (non-hydrogen) atoms. The third-order valence-electron chi connectivity index (χ3n) is 5.71. The van der Waals surface area contributed by atoms with Gasteiger partial charge in [-0.3, -0.25) is 4.79 Å². The van der Waals surface area contributed by atoms with Crippen LogP contribution in [0.5, 0.6) is 0 Å². The first-order chi connectivity index (χ1) is 14.8. The van der Waals surface area contributed by atoms with Gasteiger partial charge >= 0.3 is 0 Å². The molecule has 0 spiro atoms. The van der Waals surface area contributed by atoms with Crippen LogP contribution in [0.25, 0.3) is 0 Å². The molecule has 0 N–H and O–H groups in total. The van der Waals surface area contributed by atoms with Gasteiger partial charge in [-0.05, 0) is 49.3 Å². The summed E-state index contributed by atoms with van der Waals surface area (Å²) in [6, 6.07) is 8.25. The maximum Gasteiger partial charge on any atom is 0.253 e. The Morgan fingerprint density at radius 1 is 1.20 bits per heavy atom. The average molecular weight is 440 g/mol. The highest BCUT2D eigenvalue weighted by Crippen LogP contribution is 2.46. The summed E-state index contributed by atoms with van der Waals surface area (Å²) in [5.74, 6) is 2.68. The summed E-state index contributed by atoms with van der Waals surface area (Å²) in [4.78, 5) is 14.3. The number of carbonyl (C=O) groups excluding carboxylic acids is 1. The fraction of sp³-hybridized carbons (Fsp3) is 0.429. The van der Waals surface area contributed by atoms with Crippen molar-refractivity contribution in [1.82, 2.24) is 19.8 Å². The van der Waals surface area contributed by atoms with Crippen LogP contribution < -0.4 is 0 Å². The summed E-state index contributed by atoms with van der Waals surface area (Å²) in [5, 5.41) is 18.1. The second kappa shape index (κ2) is 7.39. The smallest absolute Gasteiger partial charge is 0.253 e. The van der Waals surface area contributed by atoms with Crippen molar-refractivity contribution in [3.8, 4) is 0 Å². The second-order valence-corrected chi connectivity index (χ2v) is 9.92. The van der Waals surface area contributed by atoms with Crippen molar-refractivity contribution >= 4 is 34.7 Å². The Bertz CT molecular complexity index is 1080. The van der Waals surface area contributed by atoms with Crippen molar-refractivity contribution < 1.29 is 9.21 Å². The van der Waals surface area contributed by atoms with E-state index in [0.29, 0.717) is 24.1 Å². The zero-order chi connectivity index (χ0) is 20.1. The molecule has 0 aromatic carbocycles. The maximum atomic E-state index is 13.2. The number of hydrazone groups is 1. The van der Waals surface area contributed by atoms with Crippen LogP contribution in [0, 0.1) is 0 Å². The minimum atomic E-state index is -0.0819. The molecule has 0 radical (unpaired) electrons. The van der Waals surface area contributed by atoms with Crippen LogP contribution in [0.4, 0.5) is 0 Å². The van der Waals surface area contributed by atoms with Gasteiger partial charge in [0.1, 0.15) is 17.3 Å². The molecule has 1 aliphatic heterocycles. The lowest BCUT2D eigenvalue weighted by Gasteiger charge is -2.20.